The average Bonchev–Trinajstić information content (AvgIpc) is 3.51. The van der Waals surface area contributed by atoms with Gasteiger partial charge in [-0.2, -0.15) is 8.42 Å². The molecule has 0 amide bonds. The standard InChI is InChI=1S/C49H66O6SSi/c1-32(2)36-27-42(33(3)4)48(43(28-36)34(5)6)56(51,52)54-31-38(50)24-25-41-44-26-35-18-17-23-46(53-10)45(35)29-37(44)30-47(41)55-57(49(7,8)9,39-19-13-11-14-20-39)40-21-15-12-16-22-40/h11-23,27-28,32-34,37-38,41,44,47,50H,24-26,29-31H2,1-10H3/t37-,38-,41+,44+,47-/m0/s1. The zero-order chi connectivity index (χ0) is 41.3. The Hall–Kier alpha value is -3.27. The Morgan fingerprint density at radius 2 is 1.37 bits per heavy atom. The molecule has 1 fully saturated rings. The third-order valence-electron chi connectivity index (χ3n) is 12.9. The maximum Gasteiger partial charge on any atom is 0.297 e. The Labute approximate surface area is 344 Å². The molecule has 1 N–H and O–H groups in total. The van der Waals surface area contributed by atoms with Crippen molar-refractivity contribution in [2.24, 2.45) is 17.8 Å². The summed E-state index contributed by atoms with van der Waals surface area (Å²) >= 11 is 0. The van der Waals surface area contributed by atoms with Gasteiger partial charge in [-0.15, -0.1) is 0 Å². The van der Waals surface area contributed by atoms with Crippen molar-refractivity contribution >= 4 is 28.8 Å². The van der Waals surface area contributed by atoms with Crippen LogP contribution in [0.2, 0.25) is 5.04 Å². The van der Waals surface area contributed by atoms with Gasteiger partial charge < -0.3 is 14.3 Å². The molecule has 0 spiro atoms. The van der Waals surface area contributed by atoms with E-state index in [1.807, 2.05) is 39.8 Å². The van der Waals surface area contributed by atoms with Crippen molar-refractivity contribution in [3.8, 4) is 5.75 Å². The van der Waals surface area contributed by atoms with Crippen molar-refractivity contribution in [1.29, 1.82) is 0 Å². The highest BCUT2D eigenvalue weighted by Crippen LogP contribution is 2.51. The van der Waals surface area contributed by atoms with Crippen LogP contribution in [0.25, 0.3) is 0 Å². The topological polar surface area (TPSA) is 82.1 Å². The van der Waals surface area contributed by atoms with E-state index in [9.17, 15) is 13.5 Å². The molecule has 308 valence electrons. The first-order valence-electron chi connectivity index (χ1n) is 21.2. The molecule has 0 radical (unpaired) electrons. The van der Waals surface area contributed by atoms with Crippen LogP contribution in [0.1, 0.15) is 127 Å². The number of rotatable bonds is 15. The molecular weight excluding hydrogens is 745 g/mol. The van der Waals surface area contributed by atoms with Gasteiger partial charge in [0, 0.05) is 6.10 Å². The highest BCUT2D eigenvalue weighted by Gasteiger charge is 2.55. The van der Waals surface area contributed by atoms with E-state index in [0.717, 1.165) is 41.7 Å². The summed E-state index contributed by atoms with van der Waals surface area (Å²) in [5.74, 6) is 2.10. The van der Waals surface area contributed by atoms with E-state index >= 15 is 0 Å². The second-order valence-electron chi connectivity index (χ2n) is 18.6. The van der Waals surface area contributed by atoms with Crippen LogP contribution in [0.4, 0.5) is 0 Å². The first-order valence-corrected chi connectivity index (χ1v) is 24.5. The minimum Gasteiger partial charge on any atom is -0.496 e. The Balaban J connectivity index is 1.31. The van der Waals surface area contributed by atoms with Crippen molar-refractivity contribution in [3.63, 3.8) is 0 Å². The van der Waals surface area contributed by atoms with Crippen LogP contribution in [-0.4, -0.2) is 47.8 Å². The van der Waals surface area contributed by atoms with Gasteiger partial charge in [-0.05, 0) is 117 Å². The lowest BCUT2D eigenvalue weighted by Gasteiger charge is -2.46. The average molecular weight is 811 g/mol. The molecule has 6 nitrogen and oxygen atoms in total. The molecule has 5 atom stereocenters. The molecule has 0 heterocycles. The Kier molecular flexibility index (Phi) is 13.3. The fourth-order valence-electron chi connectivity index (χ4n) is 9.89. The molecule has 0 aromatic heterocycles. The highest BCUT2D eigenvalue weighted by molar-refractivity contribution is 7.86. The molecule has 0 unspecified atom stereocenters. The van der Waals surface area contributed by atoms with Gasteiger partial charge in [0.2, 0.25) is 0 Å². The lowest BCUT2D eigenvalue weighted by atomic mass is 9.73. The van der Waals surface area contributed by atoms with Crippen LogP contribution in [0, 0.1) is 17.8 Å². The number of benzene rings is 4. The van der Waals surface area contributed by atoms with Gasteiger partial charge in [-0.25, -0.2) is 0 Å². The molecule has 6 rings (SSSR count). The summed E-state index contributed by atoms with van der Waals surface area (Å²) in [7, 11) is -5.28. The fraction of sp³-hybridized carbons (Fsp3) is 0.510. The molecule has 0 aliphatic heterocycles. The largest absolute Gasteiger partial charge is 0.496 e. The van der Waals surface area contributed by atoms with Crippen molar-refractivity contribution in [2.45, 2.75) is 134 Å². The molecule has 4 aromatic rings. The minimum absolute atomic E-state index is 0.0112. The van der Waals surface area contributed by atoms with Crippen molar-refractivity contribution in [2.75, 3.05) is 13.7 Å². The second-order valence-corrected chi connectivity index (χ2v) is 24.4. The van der Waals surface area contributed by atoms with E-state index in [4.69, 9.17) is 13.3 Å². The van der Waals surface area contributed by atoms with Crippen molar-refractivity contribution < 1.29 is 26.9 Å². The van der Waals surface area contributed by atoms with Crippen LogP contribution in [0.5, 0.6) is 5.75 Å². The van der Waals surface area contributed by atoms with Gasteiger partial charge >= 0.3 is 0 Å². The zero-order valence-electron chi connectivity index (χ0n) is 35.9. The summed E-state index contributed by atoms with van der Waals surface area (Å²) < 4.78 is 47.8. The summed E-state index contributed by atoms with van der Waals surface area (Å²) in [6.45, 7) is 19.0. The van der Waals surface area contributed by atoms with E-state index in [1.54, 1.807) is 7.11 Å². The molecule has 2 aliphatic rings. The minimum atomic E-state index is -4.15. The number of hydrogen-bond acceptors (Lipinski definition) is 6. The monoisotopic (exact) mass is 810 g/mol. The SMILES string of the molecule is COc1cccc2c1C[C@H]1C[C@H](O[Si](c3ccccc3)(c3ccccc3)C(C)(C)C)[C@H](CC[C@H](O)COS(=O)(=O)c3c(C(C)C)cc(C(C)C)cc3C(C)C)[C@@H]1C2. The van der Waals surface area contributed by atoms with Gasteiger partial charge in [-0.1, -0.05) is 147 Å². The summed E-state index contributed by atoms with van der Waals surface area (Å²) in [6, 6.07) is 32.1. The van der Waals surface area contributed by atoms with E-state index < -0.39 is 24.5 Å². The summed E-state index contributed by atoms with van der Waals surface area (Å²) in [6.07, 6.45) is 2.87. The maximum atomic E-state index is 14.1. The molecular formula is C49H66O6SSi. The number of hydrogen-bond donors (Lipinski definition) is 1. The molecule has 8 heteroatoms. The summed E-state index contributed by atoms with van der Waals surface area (Å²) in [5, 5.41) is 13.9. The van der Waals surface area contributed by atoms with E-state index in [2.05, 4.69) is 113 Å². The highest BCUT2D eigenvalue weighted by atomic mass is 32.2. The van der Waals surface area contributed by atoms with E-state index in [1.165, 1.54) is 21.5 Å². The van der Waals surface area contributed by atoms with Gasteiger partial charge in [0.15, 0.2) is 0 Å². The molecule has 1 saturated carbocycles. The van der Waals surface area contributed by atoms with Crippen LogP contribution >= 0.6 is 0 Å². The Morgan fingerprint density at radius 1 is 0.789 bits per heavy atom. The maximum absolute atomic E-state index is 14.1. The van der Waals surface area contributed by atoms with E-state index in [-0.39, 0.29) is 46.3 Å². The van der Waals surface area contributed by atoms with Gasteiger partial charge in [0.25, 0.3) is 18.4 Å². The number of aliphatic hydroxyl groups is 1. The lowest BCUT2D eigenvalue weighted by molar-refractivity contribution is 0.0745. The second kappa shape index (κ2) is 17.5. The number of aliphatic hydroxyl groups excluding tert-OH is 1. The predicted octanol–water partition coefficient (Wildman–Crippen LogP) is 9.91. The van der Waals surface area contributed by atoms with Crippen LogP contribution in [0.15, 0.2) is 95.9 Å². The molecule has 2 aliphatic carbocycles. The van der Waals surface area contributed by atoms with Crippen LogP contribution < -0.4 is 15.1 Å². The predicted molar refractivity (Wildman–Crippen MR) is 235 cm³/mol. The fourth-order valence-corrected chi connectivity index (χ4v) is 16.3. The molecule has 57 heavy (non-hydrogen) atoms. The summed E-state index contributed by atoms with van der Waals surface area (Å²) in [4.78, 5) is 0.262. The third-order valence-corrected chi connectivity index (χ3v) is 19.3. The zero-order valence-corrected chi connectivity index (χ0v) is 37.7. The Morgan fingerprint density at radius 3 is 1.88 bits per heavy atom. The Bertz CT molecular complexity index is 2000. The molecule has 0 saturated heterocycles. The number of fused-ring (bicyclic) bond motifs is 2. The van der Waals surface area contributed by atoms with Gasteiger partial charge in [0.1, 0.15) is 10.6 Å². The number of methoxy groups -OCH3 is 1. The van der Waals surface area contributed by atoms with Crippen molar-refractivity contribution in [1.82, 2.24) is 0 Å². The van der Waals surface area contributed by atoms with Crippen LogP contribution in [-0.2, 0) is 31.6 Å². The van der Waals surface area contributed by atoms with Crippen molar-refractivity contribution in [3.05, 3.63) is 119 Å². The van der Waals surface area contributed by atoms with E-state index in [0.29, 0.717) is 24.7 Å². The lowest BCUT2D eigenvalue weighted by Crippen LogP contribution is -2.68. The van der Waals surface area contributed by atoms with Crippen LogP contribution in [0.3, 0.4) is 0 Å². The first kappa shape index (κ1) is 43.3. The smallest absolute Gasteiger partial charge is 0.297 e. The normalized spacial score (nSPS) is 20.5. The first-order chi connectivity index (χ1) is 27.0. The van der Waals surface area contributed by atoms with Gasteiger partial charge in [-0.3, -0.25) is 4.18 Å². The third kappa shape index (κ3) is 8.86. The number of ether oxygens (including phenoxy) is 1. The van der Waals surface area contributed by atoms with Gasteiger partial charge in [0.05, 0.1) is 19.8 Å². The molecule has 0 bridgehead atoms. The molecule has 4 aromatic carbocycles. The summed E-state index contributed by atoms with van der Waals surface area (Å²) in [5.41, 5.74) is 5.29. The quantitative estimate of drug-likeness (QED) is 0.0952.